The van der Waals surface area contributed by atoms with Crippen LogP contribution in [0.25, 0.3) is 0 Å². The van der Waals surface area contributed by atoms with E-state index in [2.05, 4.69) is 6.58 Å². The number of carbonyl (C=O) groups excluding carboxylic acids is 1. The van der Waals surface area contributed by atoms with Gasteiger partial charge in [0, 0.05) is 29.2 Å². The Bertz CT molecular complexity index is 579. The van der Waals surface area contributed by atoms with Crippen LogP contribution in [-0.4, -0.2) is 40.5 Å². The Kier molecular flexibility index (Phi) is 5.86. The summed E-state index contributed by atoms with van der Waals surface area (Å²) in [4.78, 5) is 15.2. The van der Waals surface area contributed by atoms with Gasteiger partial charge in [0.1, 0.15) is 11.4 Å². The number of benzene rings is 1. The van der Waals surface area contributed by atoms with E-state index in [4.69, 9.17) is 4.74 Å². The maximum atomic E-state index is 12.3. The van der Waals surface area contributed by atoms with E-state index in [1.54, 1.807) is 23.9 Å². The second kappa shape index (κ2) is 7.51. The first kappa shape index (κ1) is 18.7. The molecule has 24 heavy (non-hydrogen) atoms. The zero-order chi connectivity index (χ0) is 17.8. The van der Waals surface area contributed by atoms with Gasteiger partial charge in [0.05, 0.1) is 0 Å². The van der Waals surface area contributed by atoms with Crippen molar-refractivity contribution in [3.05, 3.63) is 36.9 Å². The summed E-state index contributed by atoms with van der Waals surface area (Å²) in [6.45, 7) is 11.0. The first-order valence-electron chi connectivity index (χ1n) is 8.24. The number of carbonyl (C=O) groups is 1. The van der Waals surface area contributed by atoms with Gasteiger partial charge in [0.25, 0.3) is 0 Å². The molecule has 4 nitrogen and oxygen atoms in total. The molecular weight excluding hydrogens is 322 g/mol. The molecule has 0 spiro atoms. The molecule has 0 radical (unpaired) electrons. The Morgan fingerprint density at radius 2 is 2.08 bits per heavy atom. The second-order valence-electron chi connectivity index (χ2n) is 7.43. The highest BCUT2D eigenvalue weighted by Gasteiger charge is 2.40. The van der Waals surface area contributed by atoms with Crippen molar-refractivity contribution >= 4 is 17.9 Å². The number of thioether (sulfide) groups is 1. The van der Waals surface area contributed by atoms with Gasteiger partial charge < -0.3 is 14.7 Å². The highest BCUT2D eigenvalue weighted by Crippen LogP contribution is 2.40. The van der Waals surface area contributed by atoms with Crippen LogP contribution in [0.15, 0.2) is 41.8 Å². The van der Waals surface area contributed by atoms with Crippen LogP contribution in [0.3, 0.4) is 0 Å². The van der Waals surface area contributed by atoms with E-state index in [0.29, 0.717) is 6.54 Å². The number of ether oxygens (including phenoxy) is 1. The number of hydrogen-bond acceptors (Lipinski definition) is 4. The lowest BCUT2D eigenvalue weighted by Crippen LogP contribution is -2.37. The third-order valence-electron chi connectivity index (χ3n) is 4.05. The molecule has 1 aliphatic heterocycles. The minimum atomic E-state index is -0.471. The van der Waals surface area contributed by atoms with E-state index in [1.807, 2.05) is 43.9 Å². The second-order valence-corrected chi connectivity index (χ2v) is 8.48. The number of aromatic hydroxyl groups is 1. The minimum Gasteiger partial charge on any atom is -0.508 e. The number of likely N-dealkylation sites (tertiary alicyclic amines) is 1. The predicted octanol–water partition coefficient (Wildman–Crippen LogP) is 4.69. The minimum absolute atomic E-state index is 0.0290. The van der Waals surface area contributed by atoms with Crippen molar-refractivity contribution in [2.75, 3.05) is 18.8 Å². The number of nitrogens with zero attached hydrogens (tertiary/aromatic N) is 1. The van der Waals surface area contributed by atoms with Gasteiger partial charge in [-0.1, -0.05) is 6.08 Å². The Balaban J connectivity index is 1.99. The molecule has 1 aromatic carbocycles. The molecule has 1 amide bonds. The summed E-state index contributed by atoms with van der Waals surface area (Å²) in [5.74, 6) is 1.18. The molecule has 1 fully saturated rings. The molecule has 1 saturated heterocycles. The molecule has 132 valence electrons. The zero-order valence-corrected chi connectivity index (χ0v) is 15.6. The third kappa shape index (κ3) is 5.20. The van der Waals surface area contributed by atoms with Crippen LogP contribution in [0.4, 0.5) is 4.79 Å². The Morgan fingerprint density at radius 1 is 1.42 bits per heavy atom. The summed E-state index contributed by atoms with van der Waals surface area (Å²) in [6.07, 6.45) is 3.53. The van der Waals surface area contributed by atoms with Crippen molar-refractivity contribution in [2.45, 2.75) is 44.1 Å². The molecule has 1 aliphatic rings. The molecule has 1 unspecified atom stereocenters. The lowest BCUT2D eigenvalue weighted by atomic mass is 9.86. The maximum absolute atomic E-state index is 12.3. The van der Waals surface area contributed by atoms with Crippen LogP contribution < -0.4 is 0 Å². The summed E-state index contributed by atoms with van der Waals surface area (Å²) < 4.78 is 5.50. The monoisotopic (exact) mass is 349 g/mol. The van der Waals surface area contributed by atoms with Crippen molar-refractivity contribution in [3.63, 3.8) is 0 Å². The Hall–Kier alpha value is -1.62. The highest BCUT2D eigenvalue weighted by molar-refractivity contribution is 7.99. The van der Waals surface area contributed by atoms with Gasteiger partial charge in [0.15, 0.2) is 0 Å². The van der Waals surface area contributed by atoms with Crippen LogP contribution in [-0.2, 0) is 4.74 Å². The van der Waals surface area contributed by atoms with Gasteiger partial charge >= 0.3 is 6.09 Å². The van der Waals surface area contributed by atoms with Gasteiger partial charge in [-0.05, 0) is 57.9 Å². The molecule has 1 heterocycles. The summed E-state index contributed by atoms with van der Waals surface area (Å²) in [7, 11) is 0. The number of amides is 1. The number of hydrogen-bond donors (Lipinski definition) is 1. The van der Waals surface area contributed by atoms with Gasteiger partial charge in [-0.3, -0.25) is 0 Å². The van der Waals surface area contributed by atoms with Crippen molar-refractivity contribution in [2.24, 2.45) is 5.41 Å². The third-order valence-corrected chi connectivity index (χ3v) is 5.41. The zero-order valence-electron chi connectivity index (χ0n) is 14.7. The van der Waals surface area contributed by atoms with E-state index in [-0.39, 0.29) is 17.3 Å². The molecule has 0 saturated carbocycles. The predicted molar refractivity (Wildman–Crippen MR) is 98.5 cm³/mol. The van der Waals surface area contributed by atoms with E-state index in [1.165, 1.54) is 0 Å². The molecule has 1 N–H and O–H groups in total. The van der Waals surface area contributed by atoms with Crippen molar-refractivity contribution < 1.29 is 14.6 Å². The molecular formula is C19H27NO3S. The molecule has 1 aromatic rings. The summed E-state index contributed by atoms with van der Waals surface area (Å²) in [6, 6.07) is 7.23. The molecule has 2 rings (SSSR count). The molecule has 0 aliphatic carbocycles. The number of phenolic OH excluding ortho intramolecular Hbond substituents is 1. The fraction of sp³-hybridized carbons (Fsp3) is 0.526. The number of rotatable bonds is 5. The lowest BCUT2D eigenvalue weighted by Gasteiger charge is -2.29. The van der Waals surface area contributed by atoms with Crippen LogP contribution in [0.1, 0.15) is 33.6 Å². The summed E-state index contributed by atoms with van der Waals surface area (Å²) in [5, 5.41) is 9.38. The SMILES string of the molecule is C=CCC1(CSc2ccc(O)cc2)CCN(C(=O)OC(C)(C)C)C1. The van der Waals surface area contributed by atoms with Crippen molar-refractivity contribution in [1.29, 1.82) is 0 Å². The van der Waals surface area contributed by atoms with Gasteiger partial charge in [-0.2, -0.15) is 0 Å². The Labute approximate surface area is 148 Å². The average molecular weight is 349 g/mol. The van der Waals surface area contributed by atoms with Crippen LogP contribution in [0, 0.1) is 5.41 Å². The smallest absolute Gasteiger partial charge is 0.410 e. The topological polar surface area (TPSA) is 49.8 Å². The van der Waals surface area contributed by atoms with E-state index >= 15 is 0 Å². The molecule has 5 heteroatoms. The van der Waals surface area contributed by atoms with Gasteiger partial charge in [-0.25, -0.2) is 4.79 Å². The quantitative estimate of drug-likeness (QED) is 0.619. The summed E-state index contributed by atoms with van der Waals surface area (Å²) >= 11 is 1.75. The van der Waals surface area contributed by atoms with Crippen molar-refractivity contribution in [3.8, 4) is 5.75 Å². The van der Waals surface area contributed by atoms with Crippen LogP contribution >= 0.6 is 11.8 Å². The number of phenols is 1. The first-order valence-corrected chi connectivity index (χ1v) is 9.22. The fourth-order valence-corrected chi connectivity index (χ4v) is 4.00. The van der Waals surface area contributed by atoms with Crippen molar-refractivity contribution in [1.82, 2.24) is 4.90 Å². The van der Waals surface area contributed by atoms with E-state index < -0.39 is 5.60 Å². The first-order chi connectivity index (χ1) is 11.2. The van der Waals surface area contributed by atoms with Gasteiger partial charge in [-0.15, -0.1) is 18.3 Å². The largest absolute Gasteiger partial charge is 0.508 e. The standard InChI is InChI=1S/C19H27NO3S/c1-5-10-19(14-24-16-8-6-15(21)7-9-16)11-12-20(13-19)17(22)23-18(2,3)4/h5-9,21H,1,10-14H2,2-4H3. The summed E-state index contributed by atoms with van der Waals surface area (Å²) in [5.41, 5.74) is -0.442. The fourth-order valence-electron chi connectivity index (χ4n) is 2.85. The molecule has 0 bridgehead atoms. The van der Waals surface area contributed by atoms with Gasteiger partial charge in [0.2, 0.25) is 0 Å². The molecule has 0 aromatic heterocycles. The van der Waals surface area contributed by atoms with E-state index in [0.717, 1.165) is 30.0 Å². The van der Waals surface area contributed by atoms with Crippen LogP contribution in [0.2, 0.25) is 0 Å². The highest BCUT2D eigenvalue weighted by atomic mass is 32.2. The molecule has 1 atom stereocenters. The lowest BCUT2D eigenvalue weighted by molar-refractivity contribution is 0.0277. The van der Waals surface area contributed by atoms with E-state index in [9.17, 15) is 9.90 Å². The number of allylic oxidation sites excluding steroid dienone is 1. The average Bonchev–Trinajstić information content (AvgIpc) is 2.90. The maximum Gasteiger partial charge on any atom is 0.410 e. The normalized spacial score (nSPS) is 20.9. The van der Waals surface area contributed by atoms with Crippen LogP contribution in [0.5, 0.6) is 5.75 Å². The Morgan fingerprint density at radius 3 is 2.67 bits per heavy atom.